The maximum absolute atomic E-state index is 12.0. The molecule has 1 fully saturated rings. The van der Waals surface area contributed by atoms with Gasteiger partial charge in [0.1, 0.15) is 0 Å². The lowest BCUT2D eigenvalue weighted by Gasteiger charge is -2.39. The van der Waals surface area contributed by atoms with Gasteiger partial charge in [-0.15, -0.1) is 24.0 Å². The van der Waals surface area contributed by atoms with Crippen molar-refractivity contribution in [1.29, 1.82) is 0 Å². The minimum atomic E-state index is 0. The van der Waals surface area contributed by atoms with Crippen LogP contribution in [0.15, 0.2) is 29.3 Å². The molecule has 2 N–H and O–H groups in total. The van der Waals surface area contributed by atoms with Crippen LogP contribution in [-0.2, 0) is 6.54 Å². The zero-order valence-corrected chi connectivity index (χ0v) is 21.8. The summed E-state index contributed by atoms with van der Waals surface area (Å²) in [5.74, 6) is 2.28. The predicted molar refractivity (Wildman–Crippen MR) is 137 cm³/mol. The lowest BCUT2D eigenvalue weighted by molar-refractivity contribution is 0.0827. The van der Waals surface area contributed by atoms with Crippen molar-refractivity contribution in [3.8, 4) is 0 Å². The largest absolute Gasteiger partial charge is 0.355 e. The van der Waals surface area contributed by atoms with Gasteiger partial charge in [-0.3, -0.25) is 14.7 Å². The molecule has 1 heterocycles. The molecule has 1 aliphatic heterocycles. The monoisotopic (exact) mass is 529 g/mol. The third-order valence-electron chi connectivity index (χ3n) is 5.83. The first-order valence-electron chi connectivity index (χ1n) is 10.8. The molecule has 1 aliphatic rings. The summed E-state index contributed by atoms with van der Waals surface area (Å²) in [7, 11) is 5.34. The Morgan fingerprint density at radius 2 is 1.77 bits per heavy atom. The summed E-state index contributed by atoms with van der Waals surface area (Å²) < 4.78 is 0. The standard InChI is InChI=1S/C23H39N5O.HI/c1-17(2)21(28-13-11-18(3)12-14-28)16-26-23(24-4)25-15-19-7-9-20(10-8-19)22(29)27(5)6;/h7-10,17-18,21H,11-16H2,1-6H3,(H2,24,25,26);1H. The SMILES string of the molecule is CN=C(NCc1ccc(C(=O)N(C)C)cc1)NCC(C(C)C)N1CCC(C)CC1.I. The first-order chi connectivity index (χ1) is 13.8. The Balaban J connectivity index is 0.00000450. The molecule has 170 valence electrons. The highest BCUT2D eigenvalue weighted by Crippen LogP contribution is 2.21. The number of nitrogens with one attached hydrogen (secondary N) is 2. The molecular formula is C23H40IN5O. The molecule has 1 saturated heterocycles. The van der Waals surface area contributed by atoms with Gasteiger partial charge in [-0.1, -0.05) is 32.9 Å². The highest BCUT2D eigenvalue weighted by atomic mass is 127. The molecule has 30 heavy (non-hydrogen) atoms. The molecule has 0 aromatic heterocycles. The number of carbonyl (C=O) groups is 1. The van der Waals surface area contributed by atoms with Crippen LogP contribution in [0.5, 0.6) is 0 Å². The lowest BCUT2D eigenvalue weighted by Crippen LogP contribution is -2.51. The Kier molecular flexibility index (Phi) is 11.7. The number of carbonyl (C=O) groups excluding carboxylic acids is 1. The molecule has 1 aromatic carbocycles. The third kappa shape index (κ3) is 8.06. The van der Waals surface area contributed by atoms with Crippen molar-refractivity contribution in [3.05, 3.63) is 35.4 Å². The van der Waals surface area contributed by atoms with E-state index in [2.05, 4.69) is 41.3 Å². The highest BCUT2D eigenvalue weighted by molar-refractivity contribution is 14.0. The van der Waals surface area contributed by atoms with E-state index in [1.807, 2.05) is 24.3 Å². The topological polar surface area (TPSA) is 60.0 Å². The Hall–Kier alpha value is -1.35. The van der Waals surface area contributed by atoms with Gasteiger partial charge >= 0.3 is 0 Å². The first kappa shape index (κ1) is 26.7. The van der Waals surface area contributed by atoms with Crippen LogP contribution in [0.4, 0.5) is 0 Å². The Morgan fingerprint density at radius 3 is 2.27 bits per heavy atom. The van der Waals surface area contributed by atoms with Gasteiger partial charge in [-0.2, -0.15) is 0 Å². The van der Waals surface area contributed by atoms with E-state index in [0.29, 0.717) is 24.1 Å². The van der Waals surface area contributed by atoms with E-state index in [-0.39, 0.29) is 29.9 Å². The summed E-state index contributed by atoms with van der Waals surface area (Å²) in [6.45, 7) is 10.9. The molecule has 1 amide bonds. The second kappa shape index (κ2) is 13.1. The lowest BCUT2D eigenvalue weighted by atomic mass is 9.94. The van der Waals surface area contributed by atoms with E-state index in [0.717, 1.165) is 24.0 Å². The third-order valence-corrected chi connectivity index (χ3v) is 5.83. The molecular weight excluding hydrogens is 489 g/mol. The van der Waals surface area contributed by atoms with Crippen molar-refractivity contribution >= 4 is 35.8 Å². The van der Waals surface area contributed by atoms with E-state index in [4.69, 9.17) is 0 Å². The molecule has 7 heteroatoms. The van der Waals surface area contributed by atoms with Gasteiger partial charge in [-0.25, -0.2) is 0 Å². The zero-order chi connectivity index (χ0) is 21.4. The first-order valence-corrected chi connectivity index (χ1v) is 10.8. The number of rotatable bonds is 7. The van der Waals surface area contributed by atoms with Crippen molar-refractivity contribution in [2.75, 3.05) is 40.8 Å². The number of aliphatic imine (C=N–C) groups is 1. The van der Waals surface area contributed by atoms with Gasteiger partial charge in [-0.05, 0) is 55.5 Å². The van der Waals surface area contributed by atoms with Crippen LogP contribution >= 0.6 is 24.0 Å². The van der Waals surface area contributed by atoms with Crippen LogP contribution < -0.4 is 10.6 Å². The Morgan fingerprint density at radius 1 is 1.17 bits per heavy atom. The average molecular weight is 530 g/mol. The second-order valence-electron chi connectivity index (χ2n) is 8.73. The van der Waals surface area contributed by atoms with Crippen LogP contribution in [0, 0.1) is 11.8 Å². The number of piperidine rings is 1. The van der Waals surface area contributed by atoms with E-state index in [9.17, 15) is 4.79 Å². The fourth-order valence-electron chi connectivity index (χ4n) is 3.78. The van der Waals surface area contributed by atoms with E-state index in [1.165, 1.54) is 25.9 Å². The summed E-state index contributed by atoms with van der Waals surface area (Å²) in [4.78, 5) is 20.6. The smallest absolute Gasteiger partial charge is 0.253 e. The molecule has 2 rings (SSSR count). The minimum absolute atomic E-state index is 0. The molecule has 1 aromatic rings. The number of guanidine groups is 1. The summed E-state index contributed by atoms with van der Waals surface area (Å²) >= 11 is 0. The van der Waals surface area contributed by atoms with Crippen LogP contribution in [0.25, 0.3) is 0 Å². The van der Waals surface area contributed by atoms with Gasteiger partial charge in [0.2, 0.25) is 0 Å². The molecule has 1 atom stereocenters. The van der Waals surface area contributed by atoms with E-state index in [1.54, 1.807) is 26.0 Å². The fourth-order valence-corrected chi connectivity index (χ4v) is 3.78. The van der Waals surface area contributed by atoms with Crippen molar-refractivity contribution in [2.24, 2.45) is 16.8 Å². The Labute approximate surface area is 199 Å². The van der Waals surface area contributed by atoms with Crippen LogP contribution in [0.3, 0.4) is 0 Å². The fraction of sp³-hybridized carbons (Fsp3) is 0.652. The summed E-state index contributed by atoms with van der Waals surface area (Å²) in [5.41, 5.74) is 1.82. The van der Waals surface area contributed by atoms with Crippen molar-refractivity contribution in [3.63, 3.8) is 0 Å². The van der Waals surface area contributed by atoms with Gasteiger partial charge in [0, 0.05) is 45.8 Å². The molecule has 6 nitrogen and oxygen atoms in total. The molecule has 0 saturated carbocycles. The number of nitrogens with zero attached hydrogens (tertiary/aromatic N) is 3. The second-order valence-corrected chi connectivity index (χ2v) is 8.73. The summed E-state index contributed by atoms with van der Waals surface area (Å²) in [5, 5.41) is 6.90. The van der Waals surface area contributed by atoms with Crippen LogP contribution in [-0.4, -0.2) is 68.5 Å². The average Bonchev–Trinajstić information content (AvgIpc) is 2.71. The van der Waals surface area contributed by atoms with Gasteiger partial charge in [0.15, 0.2) is 5.96 Å². The Bertz CT molecular complexity index is 667. The number of hydrogen-bond acceptors (Lipinski definition) is 3. The van der Waals surface area contributed by atoms with Gasteiger partial charge < -0.3 is 15.5 Å². The van der Waals surface area contributed by atoms with Crippen LogP contribution in [0.2, 0.25) is 0 Å². The summed E-state index contributed by atoms with van der Waals surface area (Å²) in [6, 6.07) is 8.24. The number of halogens is 1. The van der Waals surface area contributed by atoms with Crippen molar-refractivity contribution in [1.82, 2.24) is 20.4 Å². The minimum Gasteiger partial charge on any atom is -0.355 e. The van der Waals surface area contributed by atoms with Gasteiger partial charge in [0.05, 0.1) is 0 Å². The number of hydrogen-bond donors (Lipinski definition) is 2. The number of amides is 1. The molecule has 0 radical (unpaired) electrons. The maximum Gasteiger partial charge on any atom is 0.253 e. The van der Waals surface area contributed by atoms with Crippen LogP contribution in [0.1, 0.15) is 49.5 Å². The quantitative estimate of drug-likeness (QED) is 0.323. The highest BCUT2D eigenvalue weighted by Gasteiger charge is 2.25. The summed E-state index contributed by atoms with van der Waals surface area (Å²) in [6.07, 6.45) is 2.59. The maximum atomic E-state index is 12.0. The zero-order valence-electron chi connectivity index (χ0n) is 19.4. The normalized spacial score (nSPS) is 16.7. The van der Waals surface area contributed by atoms with Gasteiger partial charge in [0.25, 0.3) is 5.91 Å². The van der Waals surface area contributed by atoms with E-state index < -0.39 is 0 Å². The molecule has 0 aliphatic carbocycles. The number of benzene rings is 1. The molecule has 0 spiro atoms. The predicted octanol–water partition coefficient (Wildman–Crippen LogP) is 3.43. The van der Waals surface area contributed by atoms with E-state index >= 15 is 0 Å². The molecule has 0 bridgehead atoms. The molecule has 1 unspecified atom stereocenters. The number of likely N-dealkylation sites (tertiary alicyclic amines) is 1. The van der Waals surface area contributed by atoms with Crippen molar-refractivity contribution < 1.29 is 4.79 Å². The van der Waals surface area contributed by atoms with Crippen molar-refractivity contribution in [2.45, 2.75) is 46.2 Å².